The highest BCUT2D eigenvalue weighted by atomic mass is 35.7. The topological polar surface area (TPSA) is 69.7 Å². The normalized spacial score (nSPS) is 12.3. The molecular weight excluding hydrogens is 321 g/mol. The molecule has 1 aromatic heterocycles. The van der Waals surface area contributed by atoms with Crippen molar-refractivity contribution in [3.8, 4) is 5.75 Å². The minimum Gasteiger partial charge on any atom is -0.465 e. The third-order valence-corrected chi connectivity index (χ3v) is 3.98. The number of hydrogen-bond donors (Lipinski definition) is 0. The Hall–Kier alpha value is -1.00. The summed E-state index contributed by atoms with van der Waals surface area (Å²) >= 11 is 0.413. The summed E-state index contributed by atoms with van der Waals surface area (Å²) in [5.74, 6) is -2.20. The monoisotopic (exact) mass is 324 g/mol. The zero-order valence-corrected chi connectivity index (χ0v) is 10.8. The summed E-state index contributed by atoms with van der Waals surface area (Å²) in [6.07, 6.45) is -5.11. The predicted molar refractivity (Wildman–Crippen MR) is 55.4 cm³/mol. The molecule has 1 rings (SSSR count). The van der Waals surface area contributed by atoms with E-state index in [1.54, 1.807) is 0 Å². The smallest absolute Gasteiger partial charge is 0.465 e. The zero-order valence-electron chi connectivity index (χ0n) is 8.45. The molecule has 18 heavy (non-hydrogen) atoms. The summed E-state index contributed by atoms with van der Waals surface area (Å²) in [5, 5.41) is 0.703. The van der Waals surface area contributed by atoms with Gasteiger partial charge >= 0.3 is 12.3 Å². The summed E-state index contributed by atoms with van der Waals surface area (Å²) in [6, 6.07) is 0. The molecule has 0 aromatic carbocycles. The van der Waals surface area contributed by atoms with Crippen molar-refractivity contribution >= 4 is 37.0 Å². The first-order valence-electron chi connectivity index (χ1n) is 3.96. The first kappa shape index (κ1) is 15.1. The standard InChI is InChI=1S/C7H4ClF3O5S2/c1-15-6(12)4-5(18(8,13)14)3(2-17-4)16-7(9,10)11/h2H,1H3. The Morgan fingerprint density at radius 1 is 1.44 bits per heavy atom. The van der Waals surface area contributed by atoms with Gasteiger partial charge in [-0.1, -0.05) is 0 Å². The molecule has 1 aromatic rings. The fourth-order valence-corrected chi connectivity index (χ4v) is 3.56. The molecule has 0 N–H and O–H groups in total. The van der Waals surface area contributed by atoms with Crippen LogP contribution in [0.3, 0.4) is 0 Å². The molecule has 5 nitrogen and oxygen atoms in total. The third-order valence-electron chi connectivity index (χ3n) is 1.55. The van der Waals surface area contributed by atoms with Crippen molar-refractivity contribution in [2.24, 2.45) is 0 Å². The van der Waals surface area contributed by atoms with Gasteiger partial charge in [0.25, 0.3) is 9.05 Å². The molecule has 0 fully saturated rings. The highest BCUT2D eigenvalue weighted by Gasteiger charge is 2.37. The average molecular weight is 325 g/mol. The van der Waals surface area contributed by atoms with E-state index in [9.17, 15) is 26.4 Å². The quantitative estimate of drug-likeness (QED) is 0.630. The molecule has 0 amide bonds. The first-order valence-corrected chi connectivity index (χ1v) is 7.15. The van der Waals surface area contributed by atoms with E-state index in [1.807, 2.05) is 0 Å². The second kappa shape index (κ2) is 4.94. The van der Waals surface area contributed by atoms with Crippen molar-refractivity contribution in [3.63, 3.8) is 0 Å². The SMILES string of the molecule is COC(=O)c1scc(OC(F)(F)F)c1S(=O)(=O)Cl. The van der Waals surface area contributed by atoms with Crippen molar-refractivity contribution < 1.29 is 35.9 Å². The van der Waals surface area contributed by atoms with Gasteiger partial charge in [0.1, 0.15) is 4.88 Å². The van der Waals surface area contributed by atoms with Gasteiger partial charge in [0.2, 0.25) is 0 Å². The molecule has 102 valence electrons. The minimum atomic E-state index is -5.11. The number of esters is 1. The van der Waals surface area contributed by atoms with Crippen molar-refractivity contribution in [1.29, 1.82) is 0 Å². The molecule has 0 bridgehead atoms. The lowest BCUT2D eigenvalue weighted by Crippen LogP contribution is -2.18. The van der Waals surface area contributed by atoms with Crippen LogP contribution in [0, 0.1) is 0 Å². The van der Waals surface area contributed by atoms with Crippen molar-refractivity contribution in [2.45, 2.75) is 11.3 Å². The second-order valence-corrected chi connectivity index (χ2v) is 6.12. The lowest BCUT2D eigenvalue weighted by molar-refractivity contribution is -0.275. The van der Waals surface area contributed by atoms with E-state index >= 15 is 0 Å². The summed E-state index contributed by atoms with van der Waals surface area (Å²) in [7, 11) is 1.31. The van der Waals surface area contributed by atoms with Crippen LogP contribution in [0.1, 0.15) is 9.67 Å². The Bertz CT molecular complexity index is 562. The number of carbonyl (C=O) groups is 1. The van der Waals surface area contributed by atoms with Crippen LogP contribution in [-0.4, -0.2) is 27.9 Å². The van der Waals surface area contributed by atoms with Crippen molar-refractivity contribution in [3.05, 3.63) is 10.3 Å². The maximum absolute atomic E-state index is 12.0. The molecule has 0 aliphatic carbocycles. The zero-order chi connectivity index (χ0) is 14.1. The lowest BCUT2D eigenvalue weighted by Gasteiger charge is -2.08. The Labute approximate surface area is 107 Å². The van der Waals surface area contributed by atoms with Crippen molar-refractivity contribution in [1.82, 2.24) is 0 Å². The van der Waals surface area contributed by atoms with Crippen LogP contribution >= 0.6 is 22.0 Å². The minimum absolute atomic E-state index is 0.413. The summed E-state index contributed by atoms with van der Waals surface area (Å²) < 4.78 is 66.1. The molecule has 0 aliphatic rings. The molecule has 11 heteroatoms. The molecule has 0 saturated heterocycles. The molecule has 0 atom stereocenters. The van der Waals surface area contributed by atoms with Gasteiger partial charge in [0, 0.05) is 16.1 Å². The summed E-state index contributed by atoms with van der Waals surface area (Å²) in [5.41, 5.74) is 0. The summed E-state index contributed by atoms with van der Waals surface area (Å²) in [6.45, 7) is 0. The van der Waals surface area contributed by atoms with Gasteiger partial charge < -0.3 is 9.47 Å². The molecular formula is C7H4ClF3O5S2. The van der Waals surface area contributed by atoms with E-state index in [4.69, 9.17) is 10.7 Å². The Morgan fingerprint density at radius 2 is 2.00 bits per heavy atom. The number of ether oxygens (including phenoxy) is 2. The van der Waals surface area contributed by atoms with E-state index in [-0.39, 0.29) is 0 Å². The Balaban J connectivity index is 3.39. The van der Waals surface area contributed by atoms with Gasteiger partial charge in [-0.3, -0.25) is 0 Å². The van der Waals surface area contributed by atoms with E-state index < -0.39 is 36.9 Å². The van der Waals surface area contributed by atoms with Gasteiger partial charge in [-0.25, -0.2) is 13.2 Å². The molecule has 1 heterocycles. The molecule has 0 saturated carbocycles. The van der Waals surface area contributed by atoms with Gasteiger partial charge in [0.05, 0.1) is 7.11 Å². The molecule has 0 aliphatic heterocycles. The van der Waals surface area contributed by atoms with Gasteiger partial charge in [-0.2, -0.15) is 0 Å². The van der Waals surface area contributed by atoms with Gasteiger partial charge in [-0.05, 0) is 0 Å². The molecule has 0 spiro atoms. The number of carbonyl (C=O) groups excluding carboxylic acids is 1. The van der Waals surface area contributed by atoms with Crippen LogP contribution in [0.4, 0.5) is 13.2 Å². The van der Waals surface area contributed by atoms with Crippen LogP contribution in [0.2, 0.25) is 0 Å². The van der Waals surface area contributed by atoms with Gasteiger partial charge in [0.15, 0.2) is 10.6 Å². The first-order chi connectivity index (χ1) is 8.06. The maximum atomic E-state index is 12.0. The third kappa shape index (κ3) is 3.50. The highest BCUT2D eigenvalue weighted by Crippen LogP contribution is 2.38. The summed E-state index contributed by atoms with van der Waals surface area (Å²) in [4.78, 5) is 9.54. The van der Waals surface area contributed by atoms with Crippen LogP contribution in [0.15, 0.2) is 10.3 Å². The number of rotatable bonds is 3. The number of halogens is 4. The average Bonchev–Trinajstić information content (AvgIpc) is 2.56. The molecule has 0 radical (unpaired) electrons. The lowest BCUT2D eigenvalue weighted by atomic mass is 10.4. The Kier molecular flexibility index (Phi) is 4.13. The fourth-order valence-electron chi connectivity index (χ4n) is 0.991. The number of thiophene rings is 1. The fraction of sp³-hybridized carbons (Fsp3) is 0.286. The van der Waals surface area contributed by atoms with Crippen molar-refractivity contribution in [2.75, 3.05) is 7.11 Å². The van der Waals surface area contributed by atoms with Crippen LogP contribution < -0.4 is 4.74 Å². The van der Waals surface area contributed by atoms with E-state index in [1.165, 1.54) is 0 Å². The molecule has 0 unspecified atom stereocenters. The Morgan fingerprint density at radius 3 is 2.39 bits per heavy atom. The van der Waals surface area contributed by atoms with Crippen LogP contribution in [0.5, 0.6) is 5.75 Å². The number of methoxy groups -OCH3 is 1. The van der Waals surface area contributed by atoms with E-state index in [0.29, 0.717) is 16.7 Å². The van der Waals surface area contributed by atoms with Crippen LogP contribution in [0.25, 0.3) is 0 Å². The van der Waals surface area contributed by atoms with E-state index in [0.717, 1.165) is 7.11 Å². The van der Waals surface area contributed by atoms with Gasteiger partial charge in [-0.15, -0.1) is 24.5 Å². The highest BCUT2D eigenvalue weighted by molar-refractivity contribution is 8.14. The number of hydrogen-bond acceptors (Lipinski definition) is 6. The van der Waals surface area contributed by atoms with Crippen LogP contribution in [-0.2, 0) is 13.8 Å². The predicted octanol–water partition coefficient (Wildman–Crippen LogP) is 2.36. The second-order valence-electron chi connectivity index (χ2n) is 2.74. The largest absolute Gasteiger partial charge is 0.573 e. The number of alkyl halides is 3. The van der Waals surface area contributed by atoms with E-state index in [2.05, 4.69) is 9.47 Å². The maximum Gasteiger partial charge on any atom is 0.573 e.